The van der Waals surface area contributed by atoms with Gasteiger partial charge in [0, 0.05) is 19.4 Å². The van der Waals surface area contributed by atoms with Crippen LogP contribution in [0.25, 0.3) is 0 Å². The molecule has 84 valence electrons. The number of nitrogens with zero attached hydrogens (tertiary/aromatic N) is 2. The summed E-state index contributed by atoms with van der Waals surface area (Å²) in [5.41, 5.74) is 2.93. The van der Waals surface area contributed by atoms with Crippen molar-refractivity contribution in [2.45, 2.75) is 38.1 Å². The zero-order valence-electron chi connectivity index (χ0n) is 9.32. The van der Waals surface area contributed by atoms with E-state index in [4.69, 9.17) is 5.84 Å². The molecular weight excluding hydrogens is 188 g/mol. The molecule has 1 aromatic rings. The summed E-state index contributed by atoms with van der Waals surface area (Å²) in [6.07, 6.45) is 10.4. The van der Waals surface area contributed by atoms with Crippen molar-refractivity contribution in [3.8, 4) is 0 Å². The lowest BCUT2D eigenvalue weighted by Crippen LogP contribution is -2.36. The molecule has 2 rings (SSSR count). The van der Waals surface area contributed by atoms with Crippen LogP contribution in [-0.2, 0) is 7.05 Å². The van der Waals surface area contributed by atoms with Crippen molar-refractivity contribution in [2.24, 2.45) is 18.8 Å². The molecule has 15 heavy (non-hydrogen) atoms. The zero-order chi connectivity index (χ0) is 10.7. The minimum absolute atomic E-state index is 0.213. The molecule has 1 aromatic heterocycles. The van der Waals surface area contributed by atoms with Crippen LogP contribution in [0.3, 0.4) is 0 Å². The summed E-state index contributed by atoms with van der Waals surface area (Å²) in [5, 5.41) is 0. The van der Waals surface area contributed by atoms with Gasteiger partial charge < -0.3 is 4.57 Å². The maximum atomic E-state index is 5.66. The topological polar surface area (TPSA) is 55.9 Å². The molecule has 0 radical (unpaired) electrons. The molecule has 0 amide bonds. The number of aryl methyl sites for hydroxylation is 1. The van der Waals surface area contributed by atoms with Crippen LogP contribution in [0.4, 0.5) is 0 Å². The molecule has 1 saturated carbocycles. The third-order valence-electron chi connectivity index (χ3n) is 3.44. The second-order valence-corrected chi connectivity index (χ2v) is 4.44. The first-order valence-electron chi connectivity index (χ1n) is 5.76. The highest BCUT2D eigenvalue weighted by Gasteiger charge is 2.26. The molecule has 1 atom stereocenters. The van der Waals surface area contributed by atoms with Crippen molar-refractivity contribution >= 4 is 0 Å². The quantitative estimate of drug-likeness (QED) is 0.584. The van der Waals surface area contributed by atoms with E-state index in [-0.39, 0.29) is 6.04 Å². The summed E-state index contributed by atoms with van der Waals surface area (Å²) >= 11 is 0. The van der Waals surface area contributed by atoms with Gasteiger partial charge in [-0.05, 0) is 18.8 Å². The molecule has 1 heterocycles. The third-order valence-corrected chi connectivity index (χ3v) is 3.44. The molecule has 0 bridgehead atoms. The Labute approximate surface area is 90.8 Å². The summed E-state index contributed by atoms with van der Waals surface area (Å²) in [6, 6.07) is 0.213. The van der Waals surface area contributed by atoms with E-state index in [0.29, 0.717) is 5.92 Å². The predicted octanol–water partition coefficient (Wildman–Crippen LogP) is 1.50. The second-order valence-electron chi connectivity index (χ2n) is 4.44. The molecule has 0 spiro atoms. The van der Waals surface area contributed by atoms with Crippen molar-refractivity contribution in [1.82, 2.24) is 15.0 Å². The minimum atomic E-state index is 0.213. The average Bonchev–Trinajstić information content (AvgIpc) is 2.68. The average molecular weight is 208 g/mol. The molecule has 0 aliphatic heterocycles. The molecule has 1 aliphatic rings. The van der Waals surface area contributed by atoms with Gasteiger partial charge in [0.1, 0.15) is 5.82 Å². The van der Waals surface area contributed by atoms with Crippen LogP contribution in [0.5, 0.6) is 0 Å². The van der Waals surface area contributed by atoms with Crippen LogP contribution in [0.1, 0.15) is 44.0 Å². The predicted molar refractivity (Wildman–Crippen MR) is 59.8 cm³/mol. The first-order chi connectivity index (χ1) is 7.33. The number of hydrogen-bond donors (Lipinski definition) is 2. The Bertz CT molecular complexity index is 301. The summed E-state index contributed by atoms with van der Waals surface area (Å²) in [5.74, 6) is 7.36. The van der Waals surface area contributed by atoms with E-state index in [1.165, 1.54) is 32.1 Å². The number of nitrogens with two attached hydrogens (primary N) is 1. The van der Waals surface area contributed by atoms with Crippen LogP contribution in [0.2, 0.25) is 0 Å². The molecule has 4 heteroatoms. The van der Waals surface area contributed by atoms with E-state index in [0.717, 1.165) is 5.82 Å². The van der Waals surface area contributed by atoms with Crippen LogP contribution < -0.4 is 11.3 Å². The zero-order valence-corrected chi connectivity index (χ0v) is 9.32. The lowest BCUT2D eigenvalue weighted by Gasteiger charge is -2.29. The van der Waals surface area contributed by atoms with Crippen molar-refractivity contribution in [1.29, 1.82) is 0 Å². The highest BCUT2D eigenvalue weighted by molar-refractivity contribution is 5.01. The maximum absolute atomic E-state index is 5.66. The van der Waals surface area contributed by atoms with Gasteiger partial charge in [0.25, 0.3) is 0 Å². The smallest absolute Gasteiger partial charge is 0.127 e. The summed E-state index contributed by atoms with van der Waals surface area (Å²) in [6.45, 7) is 0. The van der Waals surface area contributed by atoms with Crippen molar-refractivity contribution < 1.29 is 0 Å². The lowest BCUT2D eigenvalue weighted by atomic mass is 9.84. The fourth-order valence-corrected chi connectivity index (χ4v) is 2.57. The Morgan fingerprint density at radius 2 is 2.20 bits per heavy atom. The number of nitrogens with one attached hydrogen (secondary N) is 1. The number of rotatable bonds is 3. The third kappa shape index (κ3) is 2.21. The summed E-state index contributed by atoms with van der Waals surface area (Å²) in [4.78, 5) is 4.38. The van der Waals surface area contributed by atoms with Crippen LogP contribution >= 0.6 is 0 Å². The first kappa shape index (κ1) is 10.6. The second kappa shape index (κ2) is 4.77. The van der Waals surface area contributed by atoms with Gasteiger partial charge in [0.05, 0.1) is 6.04 Å². The Morgan fingerprint density at radius 3 is 2.73 bits per heavy atom. The number of hydrazine groups is 1. The summed E-state index contributed by atoms with van der Waals surface area (Å²) in [7, 11) is 2.02. The van der Waals surface area contributed by atoms with Crippen molar-refractivity contribution in [2.75, 3.05) is 0 Å². The largest absolute Gasteiger partial charge is 0.337 e. The van der Waals surface area contributed by atoms with Crippen LogP contribution in [-0.4, -0.2) is 9.55 Å². The number of aromatic nitrogens is 2. The molecular formula is C11H20N4. The van der Waals surface area contributed by atoms with Gasteiger partial charge in [-0.25, -0.2) is 10.4 Å². The maximum Gasteiger partial charge on any atom is 0.127 e. The monoisotopic (exact) mass is 208 g/mol. The minimum Gasteiger partial charge on any atom is -0.337 e. The van der Waals surface area contributed by atoms with E-state index >= 15 is 0 Å². The standard InChI is InChI=1S/C11H20N4/c1-15-8-7-13-11(15)10(14-12)9-5-3-2-4-6-9/h7-10,14H,2-6,12H2,1H3. The van der Waals surface area contributed by atoms with E-state index < -0.39 is 0 Å². The first-order valence-corrected chi connectivity index (χ1v) is 5.76. The Morgan fingerprint density at radius 1 is 1.47 bits per heavy atom. The van der Waals surface area contributed by atoms with E-state index in [1.54, 1.807) is 0 Å². The summed E-state index contributed by atoms with van der Waals surface area (Å²) < 4.78 is 2.05. The molecule has 3 N–H and O–H groups in total. The molecule has 1 unspecified atom stereocenters. The molecule has 1 fully saturated rings. The fourth-order valence-electron chi connectivity index (χ4n) is 2.57. The molecule has 4 nitrogen and oxygen atoms in total. The SMILES string of the molecule is Cn1ccnc1C(NN)C1CCCCC1. The van der Waals surface area contributed by atoms with Gasteiger partial charge in [-0.1, -0.05) is 19.3 Å². The fraction of sp³-hybridized carbons (Fsp3) is 0.727. The van der Waals surface area contributed by atoms with E-state index in [2.05, 4.69) is 15.0 Å². The normalized spacial score (nSPS) is 20.4. The van der Waals surface area contributed by atoms with Gasteiger partial charge in [-0.3, -0.25) is 5.84 Å². The van der Waals surface area contributed by atoms with E-state index in [1.807, 2.05) is 19.4 Å². The van der Waals surface area contributed by atoms with Crippen LogP contribution in [0.15, 0.2) is 12.4 Å². The number of hydrogen-bond acceptors (Lipinski definition) is 3. The van der Waals surface area contributed by atoms with Gasteiger partial charge in [0.2, 0.25) is 0 Å². The van der Waals surface area contributed by atoms with Crippen molar-refractivity contribution in [3.05, 3.63) is 18.2 Å². The number of imidazole rings is 1. The Balaban J connectivity index is 2.12. The van der Waals surface area contributed by atoms with Crippen LogP contribution in [0, 0.1) is 5.92 Å². The van der Waals surface area contributed by atoms with Gasteiger partial charge in [0.15, 0.2) is 0 Å². The molecule has 1 aliphatic carbocycles. The molecule has 0 saturated heterocycles. The van der Waals surface area contributed by atoms with Gasteiger partial charge >= 0.3 is 0 Å². The molecule has 0 aromatic carbocycles. The van der Waals surface area contributed by atoms with Crippen molar-refractivity contribution in [3.63, 3.8) is 0 Å². The Kier molecular flexibility index (Phi) is 3.38. The highest BCUT2D eigenvalue weighted by Crippen LogP contribution is 2.32. The van der Waals surface area contributed by atoms with Gasteiger partial charge in [-0.2, -0.15) is 0 Å². The lowest BCUT2D eigenvalue weighted by molar-refractivity contribution is 0.262. The Hall–Kier alpha value is -0.870. The van der Waals surface area contributed by atoms with Gasteiger partial charge in [-0.15, -0.1) is 0 Å². The highest BCUT2D eigenvalue weighted by atomic mass is 15.3. The van der Waals surface area contributed by atoms with E-state index in [9.17, 15) is 0 Å².